The molecule has 0 nitrogen and oxygen atoms in total. The first kappa shape index (κ1) is 30.8. The van der Waals surface area contributed by atoms with Gasteiger partial charge in [-0.15, -0.1) is 0 Å². The van der Waals surface area contributed by atoms with Crippen molar-refractivity contribution >= 4 is 11.8 Å². The summed E-state index contributed by atoms with van der Waals surface area (Å²) in [5.41, 5.74) is 2.51. The van der Waals surface area contributed by atoms with Crippen molar-refractivity contribution in [1.82, 2.24) is 0 Å². The number of thioether (sulfide) groups is 1. The predicted octanol–water partition coefficient (Wildman–Crippen LogP) is 6.28. The van der Waals surface area contributed by atoms with Crippen LogP contribution in [0.15, 0.2) is 59.5 Å². The zero-order chi connectivity index (χ0) is 14.0. The molecule has 0 unspecified atom stereocenters. The van der Waals surface area contributed by atoms with Gasteiger partial charge in [-0.2, -0.15) is 0 Å². The molecule has 2 aromatic carbocycles. The summed E-state index contributed by atoms with van der Waals surface area (Å²) in [6.07, 6.45) is 5.06. The van der Waals surface area contributed by atoms with E-state index in [4.69, 9.17) is 0 Å². The van der Waals surface area contributed by atoms with Crippen LogP contribution in [0.4, 0.5) is 23.5 Å². The molecule has 0 heterocycles. The lowest BCUT2D eigenvalue weighted by Crippen LogP contribution is -1.85. The Hall–Kier alpha value is -2.00. The van der Waals surface area contributed by atoms with Crippen molar-refractivity contribution in [3.05, 3.63) is 65.7 Å². The Labute approximate surface area is 150 Å². The summed E-state index contributed by atoms with van der Waals surface area (Å²) in [4.78, 5) is 1.19. The minimum atomic E-state index is 0. The van der Waals surface area contributed by atoms with Crippen molar-refractivity contribution in [2.24, 2.45) is 0 Å². The standard InChI is InChI=1S/C19H20S.5FH/c1-2-3-5-8-17-11-13-18(14-12-17)15-16-20-19-9-6-4-7-10-19;;;;;/h4,6-7,9-14H,2-3,5,8H2,1H3;5*1H. The van der Waals surface area contributed by atoms with Gasteiger partial charge in [-0.1, -0.05) is 56.0 Å². The summed E-state index contributed by atoms with van der Waals surface area (Å²) < 4.78 is 0. The molecule has 6 heteroatoms. The van der Waals surface area contributed by atoms with E-state index in [9.17, 15) is 0 Å². The third-order valence-corrected chi connectivity index (χ3v) is 3.84. The molecule has 0 fully saturated rings. The van der Waals surface area contributed by atoms with Crippen LogP contribution in [0.25, 0.3) is 0 Å². The van der Waals surface area contributed by atoms with Gasteiger partial charge in [-0.3, -0.25) is 23.5 Å². The second-order valence-electron chi connectivity index (χ2n) is 4.80. The van der Waals surface area contributed by atoms with E-state index in [-0.39, 0.29) is 23.5 Å². The summed E-state index contributed by atoms with van der Waals surface area (Å²) in [6, 6.07) is 18.9. The van der Waals surface area contributed by atoms with E-state index < -0.39 is 0 Å². The lowest BCUT2D eigenvalue weighted by atomic mass is 10.1. The highest BCUT2D eigenvalue weighted by Crippen LogP contribution is 2.15. The summed E-state index contributed by atoms with van der Waals surface area (Å²) >= 11 is 1.58. The van der Waals surface area contributed by atoms with Crippen molar-refractivity contribution in [3.8, 4) is 11.2 Å². The van der Waals surface area contributed by atoms with Gasteiger partial charge >= 0.3 is 0 Å². The third-order valence-electron chi connectivity index (χ3n) is 3.13. The van der Waals surface area contributed by atoms with E-state index >= 15 is 0 Å². The third kappa shape index (κ3) is 12.1. The van der Waals surface area contributed by atoms with Crippen LogP contribution in [0, 0.1) is 11.2 Å². The van der Waals surface area contributed by atoms with E-state index in [1.807, 2.05) is 18.2 Å². The summed E-state index contributed by atoms with van der Waals surface area (Å²) in [5.74, 6) is 3.20. The van der Waals surface area contributed by atoms with Gasteiger partial charge < -0.3 is 0 Å². The normalized spacial score (nSPS) is 7.88. The van der Waals surface area contributed by atoms with Crippen LogP contribution >= 0.6 is 11.8 Å². The quantitative estimate of drug-likeness (QED) is 0.254. The van der Waals surface area contributed by atoms with Crippen LogP contribution in [-0.4, -0.2) is 0 Å². The average Bonchev–Trinajstić information content (AvgIpc) is 2.50. The highest BCUT2D eigenvalue weighted by molar-refractivity contribution is 8.03. The Balaban J connectivity index is -0.000000441. The predicted molar refractivity (Wildman–Crippen MR) is 101 cm³/mol. The van der Waals surface area contributed by atoms with Gasteiger partial charge in [0, 0.05) is 10.5 Å². The zero-order valence-corrected chi connectivity index (χ0v) is 14.8. The van der Waals surface area contributed by atoms with E-state index in [0.717, 1.165) is 5.56 Å². The van der Waals surface area contributed by atoms with E-state index in [1.54, 1.807) is 11.8 Å². The first-order chi connectivity index (χ1) is 9.88. The smallest absolute Gasteiger partial charge is 0.0254 e. The molecule has 0 radical (unpaired) electrons. The number of benzene rings is 2. The number of halogens is 5. The van der Waals surface area contributed by atoms with Gasteiger partial charge in [0.2, 0.25) is 0 Å². The number of unbranched alkanes of at least 4 members (excludes halogenated alkanes) is 2. The van der Waals surface area contributed by atoms with Gasteiger partial charge in [0.05, 0.1) is 0 Å². The van der Waals surface area contributed by atoms with E-state index in [1.165, 1.54) is 36.1 Å². The van der Waals surface area contributed by atoms with E-state index in [2.05, 4.69) is 54.5 Å². The van der Waals surface area contributed by atoms with Crippen LogP contribution in [0.1, 0.15) is 37.3 Å². The lowest BCUT2D eigenvalue weighted by Gasteiger charge is -2.00. The van der Waals surface area contributed by atoms with Gasteiger partial charge in [-0.25, -0.2) is 0 Å². The minimum absolute atomic E-state index is 0. The molecule has 0 saturated carbocycles. The average molecular weight is 380 g/mol. The highest BCUT2D eigenvalue weighted by Gasteiger charge is 1.93. The van der Waals surface area contributed by atoms with Crippen LogP contribution in [0.3, 0.4) is 0 Å². The maximum absolute atomic E-state index is 3.20. The topological polar surface area (TPSA) is 0 Å². The molecule has 142 valence electrons. The van der Waals surface area contributed by atoms with Crippen molar-refractivity contribution in [3.63, 3.8) is 0 Å². The molecular weight excluding hydrogens is 355 g/mol. The maximum Gasteiger partial charge on any atom is 0.0254 e. The Morgan fingerprint density at radius 1 is 0.760 bits per heavy atom. The van der Waals surface area contributed by atoms with Crippen molar-refractivity contribution in [2.45, 2.75) is 37.5 Å². The molecule has 25 heavy (non-hydrogen) atoms. The van der Waals surface area contributed by atoms with Crippen LogP contribution < -0.4 is 0 Å². The molecule has 0 bridgehead atoms. The van der Waals surface area contributed by atoms with Crippen molar-refractivity contribution < 1.29 is 23.5 Å². The summed E-state index contributed by atoms with van der Waals surface area (Å²) in [5, 5.41) is 3.16. The lowest BCUT2D eigenvalue weighted by molar-refractivity contribution is 0.717. The molecule has 0 saturated heterocycles. The second kappa shape index (κ2) is 18.3. The Morgan fingerprint density at radius 2 is 1.36 bits per heavy atom. The largest absolute Gasteiger partial charge is 0.269 e. The Kier molecular flexibility index (Phi) is 22.6. The highest BCUT2D eigenvalue weighted by atomic mass is 32.2. The number of hydrogen-bond donors (Lipinski definition) is 0. The SMILES string of the molecule is CCCCCc1ccc(C#CSc2ccccc2)cc1.F.F.F.F.F. The van der Waals surface area contributed by atoms with Gasteiger partial charge in [0.15, 0.2) is 0 Å². The number of aryl methyl sites for hydroxylation is 1. The fourth-order valence-corrected chi connectivity index (χ4v) is 2.55. The Morgan fingerprint density at radius 3 is 1.92 bits per heavy atom. The maximum atomic E-state index is 3.20. The molecule has 0 aromatic heterocycles. The molecule has 0 aliphatic carbocycles. The summed E-state index contributed by atoms with van der Waals surface area (Å²) in [6.45, 7) is 2.24. The monoisotopic (exact) mass is 380 g/mol. The van der Waals surface area contributed by atoms with Gasteiger partial charge in [-0.05, 0) is 59.7 Å². The zero-order valence-electron chi connectivity index (χ0n) is 14.0. The van der Waals surface area contributed by atoms with Gasteiger partial charge in [0.25, 0.3) is 0 Å². The molecule has 0 spiro atoms. The molecular formula is C19H25F5S. The number of hydrogen-bond acceptors (Lipinski definition) is 1. The van der Waals surface area contributed by atoms with Crippen LogP contribution in [-0.2, 0) is 6.42 Å². The molecule has 2 rings (SSSR count). The fourth-order valence-electron chi connectivity index (χ4n) is 1.97. The summed E-state index contributed by atoms with van der Waals surface area (Å²) in [7, 11) is 0. The van der Waals surface area contributed by atoms with Crippen LogP contribution in [0.5, 0.6) is 0 Å². The molecule has 0 atom stereocenters. The molecule has 0 N–H and O–H groups in total. The Bertz CT molecular complexity index is 576. The molecule has 0 amide bonds. The van der Waals surface area contributed by atoms with Gasteiger partial charge in [0.1, 0.15) is 0 Å². The van der Waals surface area contributed by atoms with Crippen molar-refractivity contribution in [2.75, 3.05) is 0 Å². The molecule has 2 aromatic rings. The molecule has 0 aliphatic rings. The second-order valence-corrected chi connectivity index (χ2v) is 5.68. The number of rotatable bonds is 5. The molecule has 0 aliphatic heterocycles. The fraction of sp³-hybridized carbons (Fsp3) is 0.263. The first-order valence-electron chi connectivity index (χ1n) is 7.20. The van der Waals surface area contributed by atoms with Crippen LogP contribution in [0.2, 0.25) is 0 Å². The van der Waals surface area contributed by atoms with Crippen molar-refractivity contribution in [1.29, 1.82) is 0 Å². The minimum Gasteiger partial charge on any atom is -0.269 e. The van der Waals surface area contributed by atoms with E-state index in [0.29, 0.717) is 0 Å². The first-order valence-corrected chi connectivity index (χ1v) is 8.02.